The first-order valence-corrected chi connectivity index (χ1v) is 6.04. The van der Waals surface area contributed by atoms with E-state index in [4.69, 9.17) is 5.11 Å². The molecule has 2 rings (SSSR count). The maximum Gasteiger partial charge on any atom is 0.303 e. The Morgan fingerprint density at radius 3 is 2.72 bits per heavy atom. The molecule has 0 bridgehead atoms. The lowest BCUT2D eigenvalue weighted by molar-refractivity contribution is -0.136. The van der Waals surface area contributed by atoms with Gasteiger partial charge in [-0.15, -0.1) is 0 Å². The van der Waals surface area contributed by atoms with Crippen LogP contribution in [0.5, 0.6) is 5.75 Å². The first kappa shape index (κ1) is 12.5. The van der Waals surface area contributed by atoms with Crippen LogP contribution in [0.15, 0.2) is 24.4 Å². The van der Waals surface area contributed by atoms with Gasteiger partial charge in [-0.1, -0.05) is 6.07 Å². The monoisotopic (exact) mass is 247 g/mol. The first-order valence-electron chi connectivity index (χ1n) is 6.04. The molecule has 0 aliphatic heterocycles. The summed E-state index contributed by atoms with van der Waals surface area (Å²) in [7, 11) is 0. The van der Waals surface area contributed by atoms with Crippen molar-refractivity contribution in [1.82, 2.24) is 4.57 Å². The molecule has 1 aromatic carbocycles. The van der Waals surface area contributed by atoms with Gasteiger partial charge in [-0.3, -0.25) is 4.79 Å². The molecule has 0 unspecified atom stereocenters. The predicted octanol–water partition coefficient (Wildman–Crippen LogP) is 2.95. The molecule has 0 fully saturated rings. The number of aliphatic carboxylic acids is 1. The standard InChI is InChI=1S/C14H17NO3/c1-9(2)15-8-10(6-7-13(17)18)14-11(15)4-3-5-12(14)16/h3-5,8-9,16H,6-7H2,1-2H3,(H,17,18). The van der Waals surface area contributed by atoms with Gasteiger partial charge < -0.3 is 14.8 Å². The van der Waals surface area contributed by atoms with E-state index in [1.165, 1.54) is 0 Å². The second-order valence-electron chi connectivity index (χ2n) is 4.72. The number of nitrogens with zero attached hydrogens (tertiary/aromatic N) is 1. The summed E-state index contributed by atoms with van der Waals surface area (Å²) in [6.07, 6.45) is 2.45. The van der Waals surface area contributed by atoms with Crippen LogP contribution in [0.2, 0.25) is 0 Å². The topological polar surface area (TPSA) is 62.5 Å². The Balaban J connectivity index is 2.55. The van der Waals surface area contributed by atoms with E-state index >= 15 is 0 Å². The van der Waals surface area contributed by atoms with Gasteiger partial charge in [0.25, 0.3) is 0 Å². The lowest BCUT2D eigenvalue weighted by Crippen LogP contribution is -1.98. The molecule has 0 saturated heterocycles. The van der Waals surface area contributed by atoms with Crippen LogP contribution in [-0.2, 0) is 11.2 Å². The van der Waals surface area contributed by atoms with E-state index in [2.05, 4.69) is 18.4 Å². The van der Waals surface area contributed by atoms with Gasteiger partial charge in [0, 0.05) is 24.0 Å². The van der Waals surface area contributed by atoms with Crippen LogP contribution in [0.25, 0.3) is 10.9 Å². The van der Waals surface area contributed by atoms with Crippen molar-refractivity contribution in [3.05, 3.63) is 30.0 Å². The van der Waals surface area contributed by atoms with Crippen molar-refractivity contribution in [3.63, 3.8) is 0 Å². The summed E-state index contributed by atoms with van der Waals surface area (Å²) >= 11 is 0. The Hall–Kier alpha value is -1.97. The fraction of sp³-hybridized carbons (Fsp3) is 0.357. The van der Waals surface area contributed by atoms with Crippen LogP contribution >= 0.6 is 0 Å². The molecular weight excluding hydrogens is 230 g/mol. The number of fused-ring (bicyclic) bond motifs is 1. The molecule has 4 heteroatoms. The third-order valence-corrected chi connectivity index (χ3v) is 3.08. The fourth-order valence-corrected chi connectivity index (χ4v) is 2.23. The van der Waals surface area contributed by atoms with Crippen LogP contribution in [0.3, 0.4) is 0 Å². The van der Waals surface area contributed by atoms with Crippen LogP contribution in [-0.4, -0.2) is 20.7 Å². The predicted molar refractivity (Wildman–Crippen MR) is 69.9 cm³/mol. The summed E-state index contributed by atoms with van der Waals surface area (Å²) in [6.45, 7) is 4.12. The molecule has 0 radical (unpaired) electrons. The highest BCUT2D eigenvalue weighted by Gasteiger charge is 2.14. The molecule has 0 aliphatic carbocycles. The third kappa shape index (κ3) is 2.18. The average Bonchev–Trinajstić information content (AvgIpc) is 2.67. The third-order valence-electron chi connectivity index (χ3n) is 3.08. The molecule has 1 heterocycles. The lowest BCUT2D eigenvalue weighted by Gasteiger charge is -2.08. The molecule has 96 valence electrons. The van der Waals surface area contributed by atoms with Gasteiger partial charge >= 0.3 is 5.97 Å². The van der Waals surface area contributed by atoms with E-state index < -0.39 is 5.97 Å². The number of carboxylic acids is 1. The van der Waals surface area contributed by atoms with Crippen molar-refractivity contribution in [1.29, 1.82) is 0 Å². The van der Waals surface area contributed by atoms with Gasteiger partial charge in [0.1, 0.15) is 5.75 Å². The molecule has 0 saturated carbocycles. The summed E-state index contributed by atoms with van der Waals surface area (Å²) < 4.78 is 2.06. The average molecular weight is 247 g/mol. The molecule has 2 aromatic rings. The quantitative estimate of drug-likeness (QED) is 0.873. The molecule has 0 amide bonds. The zero-order valence-corrected chi connectivity index (χ0v) is 10.6. The minimum Gasteiger partial charge on any atom is -0.507 e. The molecule has 18 heavy (non-hydrogen) atoms. The van der Waals surface area contributed by atoms with E-state index in [-0.39, 0.29) is 18.2 Å². The fourth-order valence-electron chi connectivity index (χ4n) is 2.23. The second-order valence-corrected chi connectivity index (χ2v) is 4.72. The number of aryl methyl sites for hydroxylation is 1. The van der Waals surface area contributed by atoms with Crippen molar-refractivity contribution in [3.8, 4) is 5.75 Å². The van der Waals surface area contributed by atoms with Gasteiger partial charge in [-0.05, 0) is 38.0 Å². The van der Waals surface area contributed by atoms with Gasteiger partial charge in [-0.2, -0.15) is 0 Å². The van der Waals surface area contributed by atoms with Crippen LogP contribution < -0.4 is 0 Å². The van der Waals surface area contributed by atoms with Crippen molar-refractivity contribution in [2.45, 2.75) is 32.7 Å². The van der Waals surface area contributed by atoms with Crippen LogP contribution in [0, 0.1) is 0 Å². The highest BCUT2D eigenvalue weighted by molar-refractivity contribution is 5.90. The Morgan fingerprint density at radius 1 is 1.39 bits per heavy atom. The number of hydrogen-bond acceptors (Lipinski definition) is 2. The molecule has 1 aromatic heterocycles. The van der Waals surface area contributed by atoms with E-state index in [9.17, 15) is 9.90 Å². The number of phenols is 1. The maximum atomic E-state index is 10.7. The molecular formula is C14H17NO3. The molecule has 0 spiro atoms. The van der Waals surface area contributed by atoms with Gasteiger partial charge in [-0.25, -0.2) is 0 Å². The largest absolute Gasteiger partial charge is 0.507 e. The number of hydrogen-bond donors (Lipinski definition) is 2. The first-order chi connectivity index (χ1) is 8.50. The van der Waals surface area contributed by atoms with Gasteiger partial charge in [0.05, 0.1) is 5.52 Å². The Kier molecular flexibility index (Phi) is 3.28. The smallest absolute Gasteiger partial charge is 0.303 e. The van der Waals surface area contributed by atoms with Gasteiger partial charge in [0.2, 0.25) is 0 Å². The lowest BCUT2D eigenvalue weighted by atomic mass is 10.1. The zero-order chi connectivity index (χ0) is 13.3. The highest BCUT2D eigenvalue weighted by atomic mass is 16.4. The van der Waals surface area contributed by atoms with Crippen molar-refractivity contribution < 1.29 is 15.0 Å². The maximum absolute atomic E-state index is 10.7. The van der Waals surface area contributed by atoms with Gasteiger partial charge in [0.15, 0.2) is 0 Å². The normalized spacial score (nSPS) is 11.3. The summed E-state index contributed by atoms with van der Waals surface area (Å²) in [5, 5.41) is 19.5. The number of carboxylic acid groups (broad SMARTS) is 1. The highest BCUT2D eigenvalue weighted by Crippen LogP contribution is 2.32. The summed E-state index contributed by atoms with van der Waals surface area (Å²) in [4.78, 5) is 10.7. The van der Waals surface area contributed by atoms with E-state index in [1.54, 1.807) is 12.1 Å². The number of benzene rings is 1. The van der Waals surface area contributed by atoms with E-state index in [1.807, 2.05) is 12.3 Å². The van der Waals surface area contributed by atoms with E-state index in [0.29, 0.717) is 6.42 Å². The van der Waals surface area contributed by atoms with Crippen molar-refractivity contribution >= 4 is 16.9 Å². The molecule has 2 N–H and O–H groups in total. The number of phenolic OH excluding ortho intramolecular Hbond substituents is 1. The number of aromatic hydroxyl groups is 1. The number of rotatable bonds is 4. The van der Waals surface area contributed by atoms with Crippen LogP contribution in [0.4, 0.5) is 0 Å². The minimum absolute atomic E-state index is 0.0749. The summed E-state index contributed by atoms with van der Waals surface area (Å²) in [5.74, 6) is -0.608. The number of aromatic nitrogens is 1. The Bertz CT molecular complexity index is 584. The Morgan fingerprint density at radius 2 is 2.11 bits per heavy atom. The molecule has 0 aliphatic rings. The van der Waals surface area contributed by atoms with Crippen molar-refractivity contribution in [2.75, 3.05) is 0 Å². The zero-order valence-electron chi connectivity index (χ0n) is 10.6. The van der Waals surface area contributed by atoms with Crippen LogP contribution in [0.1, 0.15) is 31.9 Å². The summed E-state index contributed by atoms with van der Waals surface area (Å²) in [6, 6.07) is 5.65. The summed E-state index contributed by atoms with van der Waals surface area (Å²) in [5.41, 5.74) is 1.84. The minimum atomic E-state index is -0.823. The Labute approximate surface area is 105 Å². The molecule has 4 nitrogen and oxygen atoms in total. The SMILES string of the molecule is CC(C)n1cc(CCC(=O)O)c2c(O)cccc21. The van der Waals surface area contributed by atoms with E-state index in [0.717, 1.165) is 16.5 Å². The molecule has 0 atom stereocenters. The van der Waals surface area contributed by atoms with Crippen molar-refractivity contribution in [2.24, 2.45) is 0 Å². The number of carbonyl (C=O) groups is 1. The second kappa shape index (κ2) is 4.72.